The molecule has 0 aromatic rings. The van der Waals surface area contributed by atoms with E-state index in [0.717, 1.165) is 6.42 Å². The molecule has 92 valence electrons. The molecule has 2 amide bonds. The molecule has 0 aliphatic carbocycles. The highest BCUT2D eigenvalue weighted by atomic mass is 32.2. The number of rotatable bonds is 3. The lowest BCUT2D eigenvalue weighted by molar-refractivity contribution is 0.188. The summed E-state index contributed by atoms with van der Waals surface area (Å²) in [5.74, 6) is 0. The van der Waals surface area contributed by atoms with E-state index in [0.29, 0.717) is 26.1 Å². The molecule has 1 heterocycles. The summed E-state index contributed by atoms with van der Waals surface area (Å²) in [6.07, 6.45) is 4.20. The van der Waals surface area contributed by atoms with Crippen LogP contribution in [0.2, 0.25) is 0 Å². The molecule has 5 nitrogen and oxygen atoms in total. The van der Waals surface area contributed by atoms with E-state index in [1.165, 1.54) is 6.26 Å². The zero-order valence-corrected chi connectivity index (χ0v) is 10.3. The topological polar surface area (TPSA) is 66.5 Å². The van der Waals surface area contributed by atoms with E-state index in [1.54, 1.807) is 11.0 Å². The Kier molecular flexibility index (Phi) is 4.35. The first-order chi connectivity index (χ1) is 7.45. The Hall–Kier alpha value is -1.04. The van der Waals surface area contributed by atoms with Crippen LogP contribution in [0.4, 0.5) is 4.79 Å². The molecular weight excluding hydrogens is 228 g/mol. The van der Waals surface area contributed by atoms with E-state index in [-0.39, 0.29) is 6.03 Å². The second kappa shape index (κ2) is 5.34. The van der Waals surface area contributed by atoms with Crippen molar-refractivity contribution in [3.05, 3.63) is 12.7 Å². The molecule has 0 unspecified atom stereocenters. The van der Waals surface area contributed by atoms with Crippen LogP contribution in [0, 0.1) is 0 Å². The number of hydrogen-bond acceptors (Lipinski definition) is 3. The van der Waals surface area contributed by atoms with Gasteiger partial charge in [-0.1, -0.05) is 6.08 Å². The predicted octanol–water partition coefficient (Wildman–Crippen LogP) is 0.391. The van der Waals surface area contributed by atoms with Gasteiger partial charge in [0, 0.05) is 25.9 Å². The fourth-order valence-electron chi connectivity index (χ4n) is 1.74. The monoisotopic (exact) mass is 246 g/mol. The van der Waals surface area contributed by atoms with Crippen molar-refractivity contribution in [1.82, 2.24) is 10.2 Å². The number of amides is 2. The third-order valence-corrected chi connectivity index (χ3v) is 4.26. The number of hydrogen-bond donors (Lipinski definition) is 1. The zero-order valence-electron chi connectivity index (χ0n) is 9.48. The minimum absolute atomic E-state index is 0.215. The van der Waals surface area contributed by atoms with Crippen LogP contribution >= 0.6 is 0 Å². The van der Waals surface area contributed by atoms with Gasteiger partial charge in [0.25, 0.3) is 0 Å². The Morgan fingerprint density at radius 1 is 1.62 bits per heavy atom. The van der Waals surface area contributed by atoms with Gasteiger partial charge >= 0.3 is 6.03 Å². The van der Waals surface area contributed by atoms with Crippen molar-refractivity contribution in [2.75, 3.05) is 25.9 Å². The second-order valence-corrected chi connectivity index (χ2v) is 6.34. The second-order valence-electron chi connectivity index (χ2n) is 4.01. The fraction of sp³-hybridized carbons (Fsp3) is 0.700. The molecule has 1 rings (SSSR count). The molecule has 1 N–H and O–H groups in total. The Bertz CT molecular complexity index is 364. The van der Waals surface area contributed by atoms with Gasteiger partial charge in [-0.3, -0.25) is 0 Å². The van der Waals surface area contributed by atoms with Gasteiger partial charge in [0.1, 0.15) is 0 Å². The van der Waals surface area contributed by atoms with Crippen LogP contribution in [-0.2, 0) is 9.84 Å². The fourth-order valence-corrected chi connectivity index (χ4v) is 2.79. The summed E-state index contributed by atoms with van der Waals surface area (Å²) in [4.78, 5) is 13.2. The lowest BCUT2D eigenvalue weighted by Gasteiger charge is -2.31. The molecule has 1 saturated heterocycles. The molecule has 1 aliphatic heterocycles. The van der Waals surface area contributed by atoms with E-state index in [4.69, 9.17) is 0 Å². The molecule has 6 heteroatoms. The maximum atomic E-state index is 11.6. The van der Waals surface area contributed by atoms with Gasteiger partial charge in [0.05, 0.1) is 5.25 Å². The number of urea groups is 1. The van der Waals surface area contributed by atoms with E-state index >= 15 is 0 Å². The maximum absolute atomic E-state index is 11.6. The van der Waals surface area contributed by atoms with Crippen LogP contribution in [0.1, 0.15) is 12.8 Å². The van der Waals surface area contributed by atoms with Gasteiger partial charge in [-0.05, 0) is 12.8 Å². The average molecular weight is 246 g/mol. The van der Waals surface area contributed by atoms with Crippen molar-refractivity contribution in [3.8, 4) is 0 Å². The van der Waals surface area contributed by atoms with Crippen LogP contribution in [0.3, 0.4) is 0 Å². The summed E-state index contributed by atoms with van der Waals surface area (Å²) >= 11 is 0. The predicted molar refractivity (Wildman–Crippen MR) is 63.0 cm³/mol. The molecule has 0 saturated carbocycles. The number of nitrogens with zero attached hydrogens (tertiary/aromatic N) is 1. The van der Waals surface area contributed by atoms with Crippen LogP contribution in [-0.4, -0.2) is 50.5 Å². The van der Waals surface area contributed by atoms with Gasteiger partial charge in [-0.2, -0.15) is 0 Å². The van der Waals surface area contributed by atoms with Crippen molar-refractivity contribution in [2.45, 2.75) is 18.1 Å². The SMILES string of the molecule is C=CCNC(=O)N1CCC[C@@H](S(C)(=O)=O)C1. The van der Waals surface area contributed by atoms with Crippen molar-refractivity contribution < 1.29 is 13.2 Å². The Labute approximate surface area is 96.4 Å². The van der Waals surface area contributed by atoms with Crippen LogP contribution in [0.15, 0.2) is 12.7 Å². The van der Waals surface area contributed by atoms with Gasteiger partial charge < -0.3 is 10.2 Å². The lowest BCUT2D eigenvalue weighted by Crippen LogP contribution is -2.48. The smallest absolute Gasteiger partial charge is 0.317 e. The molecule has 1 aliphatic rings. The first-order valence-electron chi connectivity index (χ1n) is 5.27. The minimum Gasteiger partial charge on any atom is -0.335 e. The Balaban J connectivity index is 2.57. The summed E-state index contributed by atoms with van der Waals surface area (Å²) in [6.45, 7) is 4.82. The third kappa shape index (κ3) is 3.52. The molecule has 0 spiro atoms. The van der Waals surface area contributed by atoms with Gasteiger partial charge in [0.2, 0.25) is 0 Å². The van der Waals surface area contributed by atoms with Crippen LogP contribution < -0.4 is 5.32 Å². The average Bonchev–Trinajstić information content (AvgIpc) is 2.25. The number of likely N-dealkylation sites (tertiary alicyclic amines) is 1. The van der Waals surface area contributed by atoms with Crippen molar-refractivity contribution >= 4 is 15.9 Å². The Morgan fingerprint density at radius 2 is 2.31 bits per heavy atom. The summed E-state index contributed by atoms with van der Waals surface area (Å²) in [7, 11) is -3.05. The standard InChI is InChI=1S/C10H18N2O3S/c1-3-6-11-10(13)12-7-4-5-9(8-12)16(2,14)15/h3,9H,1,4-8H2,2H3,(H,11,13)/t9-/m1/s1. The first kappa shape index (κ1) is 13.0. The summed E-state index contributed by atoms with van der Waals surface area (Å²) in [5.41, 5.74) is 0. The van der Waals surface area contributed by atoms with E-state index < -0.39 is 15.1 Å². The highest BCUT2D eigenvalue weighted by molar-refractivity contribution is 7.91. The van der Waals surface area contributed by atoms with E-state index in [1.807, 2.05) is 0 Å². The molecule has 0 aromatic heterocycles. The number of carbonyl (C=O) groups is 1. The van der Waals surface area contributed by atoms with Crippen molar-refractivity contribution in [1.29, 1.82) is 0 Å². The van der Waals surface area contributed by atoms with Gasteiger partial charge in [-0.15, -0.1) is 6.58 Å². The van der Waals surface area contributed by atoms with E-state index in [9.17, 15) is 13.2 Å². The largest absolute Gasteiger partial charge is 0.335 e. The highest BCUT2D eigenvalue weighted by Crippen LogP contribution is 2.16. The summed E-state index contributed by atoms with van der Waals surface area (Å²) in [5, 5.41) is 2.23. The highest BCUT2D eigenvalue weighted by Gasteiger charge is 2.29. The molecule has 0 aromatic carbocycles. The zero-order chi connectivity index (χ0) is 12.2. The molecule has 0 radical (unpaired) electrons. The van der Waals surface area contributed by atoms with Crippen molar-refractivity contribution in [3.63, 3.8) is 0 Å². The molecule has 0 bridgehead atoms. The quantitative estimate of drug-likeness (QED) is 0.733. The number of nitrogens with one attached hydrogen (secondary N) is 1. The van der Waals surface area contributed by atoms with Gasteiger partial charge in [-0.25, -0.2) is 13.2 Å². The van der Waals surface area contributed by atoms with Crippen LogP contribution in [0.25, 0.3) is 0 Å². The molecule has 1 atom stereocenters. The normalized spacial score (nSPS) is 21.6. The first-order valence-corrected chi connectivity index (χ1v) is 7.23. The molecule has 16 heavy (non-hydrogen) atoms. The number of piperidine rings is 1. The summed E-state index contributed by atoms with van der Waals surface area (Å²) in [6, 6.07) is -0.215. The molecule has 1 fully saturated rings. The lowest BCUT2D eigenvalue weighted by atomic mass is 10.1. The Morgan fingerprint density at radius 3 is 2.88 bits per heavy atom. The van der Waals surface area contributed by atoms with Gasteiger partial charge in [0.15, 0.2) is 9.84 Å². The minimum atomic E-state index is -3.05. The third-order valence-electron chi connectivity index (χ3n) is 2.67. The molecular formula is C10H18N2O3S. The number of sulfone groups is 1. The number of carbonyl (C=O) groups excluding carboxylic acids is 1. The maximum Gasteiger partial charge on any atom is 0.317 e. The van der Waals surface area contributed by atoms with Crippen molar-refractivity contribution in [2.24, 2.45) is 0 Å². The summed E-state index contributed by atoms with van der Waals surface area (Å²) < 4.78 is 22.8. The van der Waals surface area contributed by atoms with E-state index in [2.05, 4.69) is 11.9 Å². The van der Waals surface area contributed by atoms with Crippen LogP contribution in [0.5, 0.6) is 0 Å².